The fourth-order valence-corrected chi connectivity index (χ4v) is 3.29. The Morgan fingerprint density at radius 1 is 0.923 bits per heavy atom. The number of aryl methyl sites for hydroxylation is 1. The lowest BCUT2D eigenvalue weighted by molar-refractivity contribution is -0.695. The van der Waals surface area contributed by atoms with E-state index in [1.807, 2.05) is 16.8 Å². The van der Waals surface area contributed by atoms with E-state index in [1.54, 1.807) is 6.07 Å². The molecule has 0 fully saturated rings. The van der Waals surface area contributed by atoms with Gasteiger partial charge in [-0.25, -0.2) is 4.79 Å². The van der Waals surface area contributed by atoms with Crippen molar-refractivity contribution in [1.82, 2.24) is 0 Å². The smallest absolute Gasteiger partial charge is 0.345 e. The van der Waals surface area contributed by atoms with Crippen molar-refractivity contribution in [2.45, 2.75) is 97.4 Å². The first-order chi connectivity index (χ1) is 12.7. The number of hydrogen-bond donors (Lipinski definition) is 0. The molecule has 0 aliphatic rings. The van der Waals surface area contributed by atoms with Gasteiger partial charge < -0.3 is 4.74 Å². The average Bonchev–Trinajstić information content (AvgIpc) is 2.64. The zero-order valence-corrected chi connectivity index (χ0v) is 17.5. The molecule has 1 rings (SSSR count). The minimum Gasteiger partial charge on any atom is -0.462 e. The van der Waals surface area contributed by atoms with Crippen LogP contribution in [0.15, 0.2) is 18.3 Å². The molecule has 0 bridgehead atoms. The van der Waals surface area contributed by atoms with Crippen molar-refractivity contribution in [2.75, 3.05) is 6.61 Å². The average molecular weight is 383 g/mol. The van der Waals surface area contributed by atoms with E-state index in [0.29, 0.717) is 17.3 Å². The molecule has 0 N–H and O–H groups in total. The SMILES string of the molecule is CCCCCCCCCCCC[n+]1cccc(C(=O)OCCCC)c1Cl. The van der Waals surface area contributed by atoms with Gasteiger partial charge in [0.1, 0.15) is 12.1 Å². The Morgan fingerprint density at radius 3 is 2.12 bits per heavy atom. The van der Waals surface area contributed by atoms with Gasteiger partial charge in [0.15, 0.2) is 6.20 Å². The molecule has 0 atom stereocenters. The highest BCUT2D eigenvalue weighted by Crippen LogP contribution is 2.14. The summed E-state index contributed by atoms with van der Waals surface area (Å²) in [5, 5.41) is 0.491. The highest BCUT2D eigenvalue weighted by molar-refractivity contribution is 6.31. The molecule has 0 radical (unpaired) electrons. The number of rotatable bonds is 15. The minimum absolute atomic E-state index is 0.319. The number of pyridine rings is 1. The molecule has 26 heavy (non-hydrogen) atoms. The first-order valence-electron chi connectivity index (χ1n) is 10.6. The summed E-state index contributed by atoms with van der Waals surface area (Å²) < 4.78 is 7.23. The van der Waals surface area contributed by atoms with E-state index >= 15 is 0 Å². The Bertz CT molecular complexity index is 505. The third-order valence-electron chi connectivity index (χ3n) is 4.71. The van der Waals surface area contributed by atoms with E-state index in [-0.39, 0.29) is 5.97 Å². The first-order valence-corrected chi connectivity index (χ1v) is 10.9. The third-order valence-corrected chi connectivity index (χ3v) is 5.13. The molecule has 0 spiro atoms. The quantitative estimate of drug-likeness (QED) is 0.150. The van der Waals surface area contributed by atoms with Gasteiger partial charge in [-0.2, -0.15) is 4.57 Å². The number of halogens is 1. The van der Waals surface area contributed by atoms with Crippen LogP contribution in [0.2, 0.25) is 5.15 Å². The van der Waals surface area contributed by atoms with Crippen LogP contribution in [-0.2, 0) is 11.3 Å². The molecule has 4 heteroatoms. The van der Waals surface area contributed by atoms with Crippen molar-refractivity contribution < 1.29 is 14.1 Å². The molecular weight excluding hydrogens is 346 g/mol. The molecule has 148 valence electrons. The Balaban J connectivity index is 2.24. The lowest BCUT2D eigenvalue weighted by Gasteiger charge is -2.06. The Labute approximate surface area is 165 Å². The monoisotopic (exact) mass is 382 g/mol. The van der Waals surface area contributed by atoms with Crippen LogP contribution in [0.1, 0.15) is 101 Å². The fourth-order valence-electron chi connectivity index (χ4n) is 3.01. The van der Waals surface area contributed by atoms with Crippen molar-refractivity contribution in [2.24, 2.45) is 0 Å². The highest BCUT2D eigenvalue weighted by atomic mass is 35.5. The van der Waals surface area contributed by atoms with E-state index in [9.17, 15) is 4.79 Å². The zero-order valence-electron chi connectivity index (χ0n) is 16.8. The molecule has 0 saturated carbocycles. The normalized spacial score (nSPS) is 10.9. The van der Waals surface area contributed by atoms with Crippen LogP contribution >= 0.6 is 11.6 Å². The summed E-state index contributed by atoms with van der Waals surface area (Å²) in [6.45, 7) is 5.64. The standard InChI is InChI=1S/C22H37ClNO2/c1-3-5-7-8-9-10-11-12-13-14-17-24-18-15-16-20(21(24)23)22(25)26-19-6-4-2/h15-16,18H,3-14,17,19H2,1-2H3/q+1. The summed E-state index contributed by atoms with van der Waals surface area (Å²) in [7, 11) is 0. The highest BCUT2D eigenvalue weighted by Gasteiger charge is 2.20. The van der Waals surface area contributed by atoms with Crippen LogP contribution in [0.4, 0.5) is 0 Å². The van der Waals surface area contributed by atoms with Gasteiger partial charge in [-0.3, -0.25) is 0 Å². The van der Waals surface area contributed by atoms with Gasteiger partial charge in [0.05, 0.1) is 6.61 Å². The molecule has 1 heterocycles. The van der Waals surface area contributed by atoms with E-state index in [4.69, 9.17) is 16.3 Å². The maximum Gasteiger partial charge on any atom is 0.345 e. The van der Waals surface area contributed by atoms with E-state index in [2.05, 4.69) is 13.8 Å². The molecular formula is C22H37ClNO2+. The van der Waals surface area contributed by atoms with Gasteiger partial charge in [0.2, 0.25) is 0 Å². The predicted molar refractivity (Wildman–Crippen MR) is 109 cm³/mol. The van der Waals surface area contributed by atoms with Gasteiger partial charge in [-0.1, -0.05) is 71.6 Å². The summed E-state index contributed by atoms with van der Waals surface area (Å²) in [5.41, 5.74) is 0.470. The van der Waals surface area contributed by atoms with Gasteiger partial charge in [-0.15, -0.1) is 0 Å². The van der Waals surface area contributed by atoms with Crippen molar-refractivity contribution >= 4 is 17.6 Å². The number of esters is 1. The predicted octanol–water partition coefficient (Wildman–Crippen LogP) is 6.51. The second-order valence-electron chi connectivity index (χ2n) is 7.08. The molecule has 1 aromatic rings. The molecule has 0 aliphatic heterocycles. The number of ether oxygens (including phenoxy) is 1. The van der Waals surface area contributed by atoms with Gasteiger partial charge in [0, 0.05) is 12.5 Å². The Morgan fingerprint density at radius 2 is 1.50 bits per heavy atom. The van der Waals surface area contributed by atoms with Crippen LogP contribution in [-0.4, -0.2) is 12.6 Å². The molecule has 0 amide bonds. The van der Waals surface area contributed by atoms with Crippen LogP contribution < -0.4 is 4.57 Å². The summed E-state index contributed by atoms with van der Waals surface area (Å²) in [6, 6.07) is 3.62. The molecule has 0 saturated heterocycles. The van der Waals surface area contributed by atoms with Crippen molar-refractivity contribution in [3.63, 3.8) is 0 Å². The second-order valence-corrected chi connectivity index (χ2v) is 7.44. The summed E-state index contributed by atoms with van der Waals surface area (Å²) in [4.78, 5) is 12.1. The molecule has 0 aliphatic carbocycles. The Kier molecular flexibility index (Phi) is 13.3. The fraction of sp³-hybridized carbons (Fsp3) is 0.727. The van der Waals surface area contributed by atoms with Crippen molar-refractivity contribution in [3.05, 3.63) is 29.0 Å². The van der Waals surface area contributed by atoms with E-state index < -0.39 is 0 Å². The first kappa shape index (κ1) is 23.0. The summed E-state index contributed by atoms with van der Waals surface area (Å²) >= 11 is 6.40. The zero-order chi connectivity index (χ0) is 19.0. The maximum absolute atomic E-state index is 12.1. The van der Waals surface area contributed by atoms with Gasteiger partial charge >= 0.3 is 5.97 Å². The van der Waals surface area contributed by atoms with Gasteiger partial charge in [-0.05, 0) is 30.5 Å². The number of unbranched alkanes of at least 4 members (excludes halogenated alkanes) is 10. The summed E-state index contributed by atoms with van der Waals surface area (Å²) in [6.07, 6.45) is 17.0. The molecule has 1 aromatic heterocycles. The number of hydrogen-bond acceptors (Lipinski definition) is 2. The molecule has 3 nitrogen and oxygen atoms in total. The number of aromatic nitrogens is 1. The van der Waals surface area contributed by atoms with Crippen LogP contribution in [0, 0.1) is 0 Å². The van der Waals surface area contributed by atoms with Crippen LogP contribution in [0.3, 0.4) is 0 Å². The topological polar surface area (TPSA) is 30.2 Å². The van der Waals surface area contributed by atoms with Crippen molar-refractivity contribution in [3.8, 4) is 0 Å². The number of carbonyl (C=O) groups is 1. The number of nitrogens with zero attached hydrogens (tertiary/aromatic N) is 1. The van der Waals surface area contributed by atoms with Crippen LogP contribution in [0.5, 0.6) is 0 Å². The second kappa shape index (κ2) is 15.0. The lowest BCUT2D eigenvalue weighted by atomic mass is 10.1. The third kappa shape index (κ3) is 9.56. The maximum atomic E-state index is 12.1. The van der Waals surface area contributed by atoms with E-state index in [0.717, 1.165) is 25.8 Å². The minimum atomic E-state index is -0.319. The van der Waals surface area contributed by atoms with Crippen LogP contribution in [0.25, 0.3) is 0 Å². The van der Waals surface area contributed by atoms with Gasteiger partial charge in [0.25, 0.3) is 5.15 Å². The largest absolute Gasteiger partial charge is 0.462 e. The Hall–Kier alpha value is -1.09. The van der Waals surface area contributed by atoms with E-state index in [1.165, 1.54) is 57.8 Å². The van der Waals surface area contributed by atoms with Crippen molar-refractivity contribution in [1.29, 1.82) is 0 Å². The summed E-state index contributed by atoms with van der Waals surface area (Å²) in [5.74, 6) is -0.319. The molecule has 0 unspecified atom stereocenters. The number of carbonyl (C=O) groups excluding carboxylic acids is 1. The molecule has 0 aromatic carbocycles. The lowest BCUT2D eigenvalue weighted by Crippen LogP contribution is -2.36.